The molecule has 0 saturated carbocycles. The van der Waals surface area contributed by atoms with Crippen molar-refractivity contribution in [3.8, 4) is 0 Å². The van der Waals surface area contributed by atoms with E-state index in [0.717, 1.165) is 4.88 Å². The summed E-state index contributed by atoms with van der Waals surface area (Å²) in [6.07, 6.45) is 0. The third kappa shape index (κ3) is 2.95. The van der Waals surface area contributed by atoms with Crippen molar-refractivity contribution in [3.63, 3.8) is 0 Å². The lowest BCUT2D eigenvalue weighted by atomic mass is 10.5. The Morgan fingerprint density at radius 2 is 2.18 bits per heavy atom. The Kier molecular flexibility index (Phi) is 3.63. The Bertz CT molecular complexity index is 572. The van der Waals surface area contributed by atoms with Crippen molar-refractivity contribution in [2.75, 3.05) is 0 Å². The van der Waals surface area contributed by atoms with Gasteiger partial charge in [0.25, 0.3) is 10.0 Å². The summed E-state index contributed by atoms with van der Waals surface area (Å²) in [5.41, 5.74) is 5.35. The Hall–Kier alpha value is -1.15. The predicted molar refractivity (Wildman–Crippen MR) is 64.9 cm³/mol. The van der Waals surface area contributed by atoms with Crippen LogP contribution in [0.2, 0.25) is 0 Å². The molecule has 0 aliphatic rings. The molecule has 0 aromatic carbocycles. The number of hydrogen-bond acceptors (Lipinski definition) is 5. The second kappa shape index (κ2) is 5.01. The number of rotatable bonds is 5. The fraction of sp³-hybridized carbons (Fsp3) is 0.200. The van der Waals surface area contributed by atoms with Crippen LogP contribution in [0.3, 0.4) is 0 Å². The van der Waals surface area contributed by atoms with E-state index in [0.29, 0.717) is 5.76 Å². The summed E-state index contributed by atoms with van der Waals surface area (Å²) < 4.78 is 31.2. The molecule has 2 rings (SSSR count). The van der Waals surface area contributed by atoms with Gasteiger partial charge in [0.2, 0.25) is 5.09 Å². The normalized spacial score (nSPS) is 11.8. The molecule has 17 heavy (non-hydrogen) atoms. The minimum absolute atomic E-state index is 0.102. The molecule has 3 N–H and O–H groups in total. The summed E-state index contributed by atoms with van der Waals surface area (Å²) in [7, 11) is -3.59. The molecule has 2 aromatic rings. The number of nitrogens with two attached hydrogens (primary N) is 1. The minimum atomic E-state index is -3.59. The minimum Gasteiger partial charge on any atom is -0.447 e. The van der Waals surface area contributed by atoms with Gasteiger partial charge >= 0.3 is 0 Å². The maximum atomic E-state index is 11.8. The molecule has 2 heterocycles. The van der Waals surface area contributed by atoms with Crippen LogP contribution in [0.1, 0.15) is 10.6 Å². The molecule has 0 aliphatic carbocycles. The highest BCUT2D eigenvalue weighted by Gasteiger charge is 2.18. The first kappa shape index (κ1) is 12.3. The van der Waals surface area contributed by atoms with E-state index in [9.17, 15) is 8.42 Å². The number of nitrogens with one attached hydrogen (secondary N) is 1. The molecule has 0 amide bonds. The van der Waals surface area contributed by atoms with E-state index in [2.05, 4.69) is 4.72 Å². The fourth-order valence-electron chi connectivity index (χ4n) is 1.26. The molecular formula is C10H12N2O3S2. The van der Waals surface area contributed by atoms with E-state index in [1.54, 1.807) is 6.07 Å². The Labute approximate surface area is 103 Å². The van der Waals surface area contributed by atoms with Crippen molar-refractivity contribution < 1.29 is 12.8 Å². The highest BCUT2D eigenvalue weighted by molar-refractivity contribution is 7.89. The lowest BCUT2D eigenvalue weighted by Crippen LogP contribution is -2.22. The second-order valence-electron chi connectivity index (χ2n) is 3.33. The maximum Gasteiger partial charge on any atom is 0.274 e. The van der Waals surface area contributed by atoms with E-state index >= 15 is 0 Å². The molecule has 0 radical (unpaired) electrons. The van der Waals surface area contributed by atoms with E-state index in [4.69, 9.17) is 10.2 Å². The molecule has 0 saturated heterocycles. The number of hydrogen-bond donors (Lipinski definition) is 2. The quantitative estimate of drug-likeness (QED) is 0.858. The predicted octanol–water partition coefficient (Wildman–Crippen LogP) is 1.28. The van der Waals surface area contributed by atoms with Crippen molar-refractivity contribution in [1.29, 1.82) is 0 Å². The molecule has 0 aliphatic heterocycles. The molecule has 0 unspecified atom stereocenters. The Balaban J connectivity index is 2.08. The highest BCUT2D eigenvalue weighted by atomic mass is 32.2. The molecular weight excluding hydrogens is 260 g/mol. The summed E-state index contributed by atoms with van der Waals surface area (Å²) in [5.74, 6) is 0.446. The second-order valence-corrected chi connectivity index (χ2v) is 6.06. The van der Waals surface area contributed by atoms with Gasteiger partial charge in [-0.3, -0.25) is 0 Å². The van der Waals surface area contributed by atoms with Crippen LogP contribution in [-0.2, 0) is 23.1 Å². The van der Waals surface area contributed by atoms with E-state index < -0.39 is 10.0 Å². The first-order valence-corrected chi connectivity index (χ1v) is 7.29. The summed E-state index contributed by atoms with van der Waals surface area (Å²) in [4.78, 5) is 0.944. The smallest absolute Gasteiger partial charge is 0.274 e. The van der Waals surface area contributed by atoms with E-state index in [1.807, 2.05) is 17.5 Å². The van der Waals surface area contributed by atoms with Crippen LogP contribution in [-0.4, -0.2) is 8.42 Å². The van der Waals surface area contributed by atoms with Crippen molar-refractivity contribution in [3.05, 3.63) is 40.3 Å². The Morgan fingerprint density at radius 1 is 1.35 bits per heavy atom. The van der Waals surface area contributed by atoms with E-state index in [1.165, 1.54) is 17.4 Å². The highest BCUT2D eigenvalue weighted by Crippen LogP contribution is 2.15. The van der Waals surface area contributed by atoms with Crippen LogP contribution >= 0.6 is 11.3 Å². The molecule has 5 nitrogen and oxygen atoms in total. The zero-order valence-electron chi connectivity index (χ0n) is 8.92. The molecule has 2 aromatic heterocycles. The summed E-state index contributed by atoms with van der Waals surface area (Å²) >= 11 is 1.49. The van der Waals surface area contributed by atoms with Gasteiger partial charge in [-0.1, -0.05) is 6.07 Å². The SMILES string of the molecule is NCc1ccc(S(=O)(=O)NCc2cccs2)o1. The van der Waals surface area contributed by atoms with Crippen LogP contribution in [0.15, 0.2) is 39.2 Å². The first-order valence-electron chi connectivity index (χ1n) is 4.92. The van der Waals surface area contributed by atoms with Crippen molar-refractivity contribution in [1.82, 2.24) is 4.72 Å². The maximum absolute atomic E-state index is 11.8. The van der Waals surface area contributed by atoms with Gasteiger partial charge in [-0.05, 0) is 23.6 Å². The Morgan fingerprint density at radius 3 is 2.76 bits per heavy atom. The average molecular weight is 272 g/mol. The van der Waals surface area contributed by atoms with Gasteiger partial charge in [-0.25, -0.2) is 13.1 Å². The fourth-order valence-corrected chi connectivity index (χ4v) is 2.95. The van der Waals surface area contributed by atoms with Crippen LogP contribution in [0.25, 0.3) is 0 Å². The molecule has 7 heteroatoms. The molecule has 0 fully saturated rings. The number of furan rings is 1. The number of sulfonamides is 1. The summed E-state index contributed by atoms with van der Waals surface area (Å²) in [6, 6.07) is 6.69. The summed E-state index contributed by atoms with van der Waals surface area (Å²) in [6.45, 7) is 0.444. The van der Waals surface area contributed by atoms with Crippen LogP contribution in [0.5, 0.6) is 0 Å². The van der Waals surface area contributed by atoms with Gasteiger partial charge in [-0.15, -0.1) is 11.3 Å². The monoisotopic (exact) mass is 272 g/mol. The first-order chi connectivity index (χ1) is 8.12. The van der Waals surface area contributed by atoms with Crippen molar-refractivity contribution >= 4 is 21.4 Å². The largest absolute Gasteiger partial charge is 0.447 e. The molecule has 0 atom stereocenters. The van der Waals surface area contributed by atoms with Gasteiger partial charge in [0, 0.05) is 11.4 Å². The van der Waals surface area contributed by atoms with Crippen LogP contribution in [0.4, 0.5) is 0 Å². The van der Waals surface area contributed by atoms with Gasteiger partial charge < -0.3 is 10.2 Å². The number of thiophene rings is 1. The van der Waals surface area contributed by atoms with Crippen LogP contribution in [0, 0.1) is 0 Å². The van der Waals surface area contributed by atoms with Crippen molar-refractivity contribution in [2.45, 2.75) is 18.2 Å². The zero-order valence-corrected chi connectivity index (χ0v) is 10.6. The molecule has 92 valence electrons. The van der Waals surface area contributed by atoms with E-state index in [-0.39, 0.29) is 18.2 Å². The third-order valence-corrected chi connectivity index (χ3v) is 4.27. The van der Waals surface area contributed by atoms with Crippen molar-refractivity contribution in [2.24, 2.45) is 5.73 Å². The van der Waals surface area contributed by atoms with Gasteiger partial charge in [0.1, 0.15) is 5.76 Å². The summed E-state index contributed by atoms with van der Waals surface area (Å²) in [5, 5.41) is 1.79. The van der Waals surface area contributed by atoms with Crippen LogP contribution < -0.4 is 10.5 Å². The standard InChI is InChI=1S/C10H12N2O3S2/c11-6-8-3-4-10(15-8)17(13,14)12-7-9-2-1-5-16-9/h1-5,12H,6-7,11H2. The lowest BCUT2D eigenvalue weighted by Gasteiger charge is -2.02. The van der Waals surface area contributed by atoms with Gasteiger partial charge in [0.05, 0.1) is 6.54 Å². The lowest BCUT2D eigenvalue weighted by molar-refractivity contribution is 0.413. The third-order valence-electron chi connectivity index (χ3n) is 2.12. The topological polar surface area (TPSA) is 85.3 Å². The molecule has 0 bridgehead atoms. The van der Waals surface area contributed by atoms with Gasteiger partial charge in [0.15, 0.2) is 0 Å². The van der Waals surface area contributed by atoms with Gasteiger partial charge in [-0.2, -0.15) is 0 Å². The average Bonchev–Trinajstić information content (AvgIpc) is 2.98. The zero-order chi connectivity index (χ0) is 12.3. The molecule has 0 spiro atoms.